The number of Topliss-reactive ketones (excluding diaryl/α,β-unsaturated/α-hetero) is 1. The van der Waals surface area contributed by atoms with Gasteiger partial charge < -0.3 is 9.88 Å². The normalized spacial score (nSPS) is 25.0. The number of carbonyl (C=O) groups is 1. The van der Waals surface area contributed by atoms with E-state index in [4.69, 9.17) is 0 Å². The summed E-state index contributed by atoms with van der Waals surface area (Å²) in [4.78, 5) is 17.6. The highest BCUT2D eigenvalue weighted by molar-refractivity contribution is 5.88. The van der Waals surface area contributed by atoms with Crippen LogP contribution in [0.5, 0.6) is 0 Å². The number of ketones is 1. The molecule has 3 unspecified atom stereocenters. The van der Waals surface area contributed by atoms with E-state index in [-0.39, 0.29) is 5.92 Å². The first kappa shape index (κ1) is 18.7. The summed E-state index contributed by atoms with van der Waals surface area (Å²) in [5.74, 6) is 1.02. The average Bonchev–Trinajstić information content (AvgIpc) is 3.04. The number of carbonyl (C=O) groups excluding carboxylic acids is 1. The summed E-state index contributed by atoms with van der Waals surface area (Å²) in [7, 11) is 2.17. The van der Waals surface area contributed by atoms with Crippen molar-refractivity contribution in [3.05, 3.63) is 35.5 Å². The van der Waals surface area contributed by atoms with Gasteiger partial charge in [0.25, 0.3) is 0 Å². The van der Waals surface area contributed by atoms with Gasteiger partial charge in [0.2, 0.25) is 0 Å². The molecule has 1 aliphatic heterocycles. The molecule has 2 aromatic rings. The zero-order chi connectivity index (χ0) is 17.9. The summed E-state index contributed by atoms with van der Waals surface area (Å²) in [5, 5.41) is 1.41. The lowest BCUT2D eigenvalue weighted by molar-refractivity contribution is -0.123. The second-order valence-corrected chi connectivity index (χ2v) is 6.44. The maximum Gasteiger partial charge on any atom is 0.134 e. The fourth-order valence-corrected chi connectivity index (χ4v) is 4.24. The lowest BCUT2D eigenvalue weighted by Crippen LogP contribution is -2.49. The van der Waals surface area contributed by atoms with Gasteiger partial charge in [-0.1, -0.05) is 39.8 Å². The van der Waals surface area contributed by atoms with Gasteiger partial charge in [-0.3, -0.25) is 4.79 Å². The first-order valence-corrected chi connectivity index (χ1v) is 9.44. The molecule has 24 heavy (non-hydrogen) atoms. The molecule has 132 valence electrons. The predicted molar refractivity (Wildman–Crippen MR) is 103 cm³/mol. The second-order valence-electron chi connectivity index (χ2n) is 6.44. The molecule has 1 aromatic carbocycles. The third-order valence-corrected chi connectivity index (χ3v) is 5.30. The number of nitrogens with zero attached hydrogens (tertiary/aromatic N) is 1. The van der Waals surface area contributed by atoms with Gasteiger partial charge in [-0.15, -0.1) is 0 Å². The molecule has 4 rings (SSSR count). The minimum atomic E-state index is 0.192. The summed E-state index contributed by atoms with van der Waals surface area (Å²) in [6.45, 7) is 10.6. The van der Waals surface area contributed by atoms with Crippen molar-refractivity contribution in [2.45, 2.75) is 59.4 Å². The molecule has 1 N–H and O–H groups in total. The van der Waals surface area contributed by atoms with Crippen molar-refractivity contribution >= 4 is 16.7 Å². The van der Waals surface area contributed by atoms with Crippen molar-refractivity contribution in [2.24, 2.45) is 5.92 Å². The first-order chi connectivity index (χ1) is 11.6. The fourth-order valence-electron chi connectivity index (χ4n) is 4.24. The number of hydrogen-bond donors (Lipinski definition) is 1. The Hall–Kier alpha value is -1.61. The van der Waals surface area contributed by atoms with Gasteiger partial charge in [-0.2, -0.15) is 0 Å². The topological polar surface area (TPSA) is 36.1 Å². The van der Waals surface area contributed by atoms with Crippen LogP contribution in [0.1, 0.15) is 58.1 Å². The number of hydrogen-bond acceptors (Lipinski definition) is 2. The molecule has 0 radical (unpaired) electrons. The van der Waals surface area contributed by atoms with Crippen molar-refractivity contribution < 1.29 is 4.79 Å². The molecular weight excluding hydrogens is 296 g/mol. The monoisotopic (exact) mass is 328 g/mol. The number of likely N-dealkylation sites (tertiary alicyclic amines) is 1. The summed E-state index contributed by atoms with van der Waals surface area (Å²) >= 11 is 0. The molecule has 3 nitrogen and oxygen atoms in total. The summed E-state index contributed by atoms with van der Waals surface area (Å²) in [6.07, 6.45) is 4.27. The van der Waals surface area contributed by atoms with Gasteiger partial charge in [-0.05, 0) is 44.0 Å². The molecule has 3 heteroatoms. The molecule has 0 saturated carbocycles. The number of benzene rings is 1. The van der Waals surface area contributed by atoms with Gasteiger partial charge in [-0.25, -0.2) is 0 Å². The Morgan fingerprint density at radius 3 is 2.58 bits per heavy atom. The fraction of sp³-hybridized carbons (Fsp3) is 0.571. The molecular formula is C21H32N2O. The third-order valence-electron chi connectivity index (χ3n) is 5.30. The zero-order valence-electron chi connectivity index (χ0n) is 16.0. The van der Waals surface area contributed by atoms with Crippen LogP contribution in [0, 0.1) is 5.92 Å². The van der Waals surface area contributed by atoms with Crippen LogP contribution < -0.4 is 0 Å². The van der Waals surface area contributed by atoms with Gasteiger partial charge in [0.15, 0.2) is 0 Å². The molecule has 0 bridgehead atoms. The van der Waals surface area contributed by atoms with Crippen LogP contribution in [-0.4, -0.2) is 35.3 Å². The number of aromatic amines is 1. The Labute approximate surface area is 146 Å². The maximum atomic E-state index is 11.8. The lowest BCUT2D eigenvalue weighted by atomic mass is 9.72. The van der Waals surface area contributed by atoms with Crippen LogP contribution in [0.15, 0.2) is 24.4 Å². The number of fused-ring (bicyclic) bond motifs is 2. The summed E-state index contributed by atoms with van der Waals surface area (Å²) < 4.78 is 0. The minimum Gasteiger partial charge on any atom is -0.361 e. The molecule has 1 saturated heterocycles. The molecule has 1 fully saturated rings. The maximum absolute atomic E-state index is 11.8. The quantitative estimate of drug-likeness (QED) is 0.818. The second kappa shape index (κ2) is 7.98. The van der Waals surface area contributed by atoms with E-state index in [2.05, 4.69) is 41.3 Å². The summed E-state index contributed by atoms with van der Waals surface area (Å²) in [5.41, 5.74) is 4.11. The molecule has 1 aromatic heterocycles. The van der Waals surface area contributed by atoms with Crippen LogP contribution in [-0.2, 0) is 11.2 Å². The van der Waals surface area contributed by atoms with Gasteiger partial charge in [0.1, 0.15) is 5.78 Å². The van der Waals surface area contributed by atoms with Crippen molar-refractivity contribution in [3.63, 3.8) is 0 Å². The highest BCUT2D eigenvalue weighted by Gasteiger charge is 2.40. The van der Waals surface area contributed by atoms with E-state index in [9.17, 15) is 4.79 Å². The van der Waals surface area contributed by atoms with E-state index in [1.54, 1.807) is 6.92 Å². The van der Waals surface area contributed by atoms with Gasteiger partial charge in [0, 0.05) is 41.5 Å². The Morgan fingerprint density at radius 1 is 1.21 bits per heavy atom. The van der Waals surface area contributed by atoms with Gasteiger partial charge in [0.05, 0.1) is 0 Å². The van der Waals surface area contributed by atoms with Crippen molar-refractivity contribution in [1.29, 1.82) is 0 Å². The highest BCUT2D eigenvalue weighted by atomic mass is 16.1. The van der Waals surface area contributed by atoms with E-state index in [0.29, 0.717) is 17.7 Å². The predicted octanol–water partition coefficient (Wildman–Crippen LogP) is 4.77. The number of rotatable bonds is 1. The smallest absolute Gasteiger partial charge is 0.134 e. The third kappa shape index (κ3) is 3.14. The van der Waals surface area contributed by atoms with Crippen molar-refractivity contribution in [3.8, 4) is 0 Å². The number of piperidine rings is 1. The number of H-pyrrole nitrogens is 1. The molecule has 2 aliphatic rings. The van der Waals surface area contributed by atoms with Crippen molar-refractivity contribution in [2.75, 3.05) is 13.6 Å². The van der Waals surface area contributed by atoms with Crippen LogP contribution in [0.25, 0.3) is 10.9 Å². The first-order valence-electron chi connectivity index (χ1n) is 9.44. The Kier molecular flexibility index (Phi) is 6.22. The molecule has 0 spiro atoms. The van der Waals surface area contributed by atoms with Crippen LogP contribution in [0.2, 0.25) is 0 Å². The van der Waals surface area contributed by atoms with Crippen molar-refractivity contribution in [1.82, 2.24) is 9.88 Å². The van der Waals surface area contributed by atoms with E-state index >= 15 is 0 Å². The average molecular weight is 329 g/mol. The standard InChI is InChI=1S/C17H20N2O.2C2H6/c1-10(20)12-6-14-13-4-3-5-15-17(13)11(8-18-15)7-16(14)19(2)9-12;2*1-2/h3-5,8,12,14,16,18H,6-7,9H2,1-2H3;2*1-2H3. The lowest BCUT2D eigenvalue weighted by Gasteiger charge is -2.45. The number of nitrogens with one attached hydrogen (secondary N) is 1. The largest absolute Gasteiger partial charge is 0.361 e. The van der Waals surface area contributed by atoms with E-state index in [1.165, 1.54) is 22.0 Å². The van der Waals surface area contributed by atoms with Crippen LogP contribution in [0.4, 0.5) is 0 Å². The van der Waals surface area contributed by atoms with Crippen LogP contribution >= 0.6 is 0 Å². The molecule has 1 aliphatic carbocycles. The zero-order valence-corrected chi connectivity index (χ0v) is 16.0. The molecule has 3 atom stereocenters. The Bertz CT molecular complexity index is 688. The number of aromatic nitrogens is 1. The SMILES string of the molecule is CC.CC.CC(=O)C1CC2c3cccc4[nH]cc(c34)CC2N(C)C1. The Morgan fingerprint density at radius 2 is 1.92 bits per heavy atom. The Balaban J connectivity index is 0.000000487. The van der Waals surface area contributed by atoms with Crippen LogP contribution in [0.3, 0.4) is 0 Å². The van der Waals surface area contributed by atoms with E-state index in [0.717, 1.165) is 19.4 Å². The summed E-state index contributed by atoms with van der Waals surface area (Å²) in [6, 6.07) is 7.09. The molecule has 0 amide bonds. The highest BCUT2D eigenvalue weighted by Crippen LogP contribution is 2.44. The number of likely N-dealkylation sites (N-methyl/N-ethyl adjacent to an activating group) is 1. The van der Waals surface area contributed by atoms with Gasteiger partial charge >= 0.3 is 0 Å². The van der Waals surface area contributed by atoms with E-state index < -0.39 is 0 Å². The molecule has 2 heterocycles. The minimum absolute atomic E-state index is 0.192. The van der Waals surface area contributed by atoms with E-state index in [1.807, 2.05) is 27.7 Å².